The van der Waals surface area contributed by atoms with Gasteiger partial charge in [-0.1, -0.05) is 54.6 Å². The molecule has 0 spiro atoms. The van der Waals surface area contributed by atoms with Crippen LogP contribution in [0.25, 0.3) is 33.5 Å². The van der Waals surface area contributed by atoms with Crippen molar-refractivity contribution in [2.24, 2.45) is 7.05 Å². The van der Waals surface area contributed by atoms with Crippen molar-refractivity contribution in [1.29, 1.82) is 0 Å². The summed E-state index contributed by atoms with van der Waals surface area (Å²) in [7, 11) is 1.68. The van der Waals surface area contributed by atoms with Crippen LogP contribution in [0.15, 0.2) is 79.0 Å². The van der Waals surface area contributed by atoms with Gasteiger partial charge < -0.3 is 0 Å². The lowest BCUT2D eigenvalue weighted by Crippen LogP contribution is -2.64. The summed E-state index contributed by atoms with van der Waals surface area (Å²) in [4.78, 5) is 0. The number of fused-ring (bicyclic) bond motifs is 1. The zero-order valence-corrected chi connectivity index (χ0v) is 21.0. The van der Waals surface area contributed by atoms with Crippen LogP contribution in [-0.4, -0.2) is 11.8 Å². The molecule has 0 saturated heterocycles. The van der Waals surface area contributed by atoms with Crippen molar-refractivity contribution in [2.75, 3.05) is 0 Å². The highest BCUT2D eigenvalue weighted by Gasteiger charge is 2.85. The lowest BCUT2D eigenvalue weighted by atomic mass is 9.77. The van der Waals surface area contributed by atoms with E-state index >= 15 is 8.78 Å². The van der Waals surface area contributed by atoms with Gasteiger partial charge in [0, 0.05) is 28.8 Å². The molecule has 5 rings (SSSR count). The summed E-state index contributed by atoms with van der Waals surface area (Å²) in [6.45, 7) is 3.77. The minimum absolute atomic E-state index is 0.0994. The highest BCUT2D eigenvalue weighted by atomic mass is 19.4. The first-order valence-corrected chi connectivity index (χ1v) is 11.9. The molecule has 1 aliphatic carbocycles. The van der Waals surface area contributed by atoms with Crippen molar-refractivity contribution < 1.29 is 39.7 Å². The number of hydrogen-bond donors (Lipinski definition) is 0. The molecule has 0 bridgehead atoms. The number of aryl methyl sites for hydroxylation is 3. The third-order valence-corrected chi connectivity index (χ3v) is 7.29. The molecule has 39 heavy (non-hydrogen) atoms. The van der Waals surface area contributed by atoms with Gasteiger partial charge >= 0.3 is 23.7 Å². The first-order chi connectivity index (χ1) is 18.1. The van der Waals surface area contributed by atoms with Gasteiger partial charge in [-0.3, -0.25) is 0 Å². The Morgan fingerprint density at radius 1 is 0.564 bits per heavy atom. The van der Waals surface area contributed by atoms with Crippen molar-refractivity contribution in [3.05, 3.63) is 101 Å². The van der Waals surface area contributed by atoms with Crippen molar-refractivity contribution in [1.82, 2.24) is 0 Å². The van der Waals surface area contributed by atoms with Crippen molar-refractivity contribution in [3.8, 4) is 33.5 Å². The Bertz CT molecular complexity index is 1590. The van der Waals surface area contributed by atoms with Gasteiger partial charge in [0.15, 0.2) is 6.20 Å². The zero-order chi connectivity index (χ0) is 28.5. The fourth-order valence-electron chi connectivity index (χ4n) is 5.18. The van der Waals surface area contributed by atoms with Gasteiger partial charge in [0.1, 0.15) is 7.05 Å². The number of nitrogens with zero attached hydrogens (tertiary/aromatic N) is 1. The highest BCUT2D eigenvalue weighted by Crippen LogP contribution is 2.65. The van der Waals surface area contributed by atoms with E-state index in [1.165, 1.54) is 18.3 Å². The molecule has 0 radical (unpaired) electrons. The molecular formula is C30H22F8N+. The first-order valence-electron chi connectivity index (χ1n) is 11.9. The Kier molecular flexibility index (Phi) is 5.94. The van der Waals surface area contributed by atoms with E-state index in [9.17, 15) is 26.3 Å². The Morgan fingerprint density at radius 3 is 1.85 bits per heavy atom. The Hall–Kier alpha value is -3.75. The minimum Gasteiger partial charge on any atom is -0.201 e. The van der Waals surface area contributed by atoms with Gasteiger partial charge in [0.2, 0.25) is 5.69 Å². The van der Waals surface area contributed by atoms with Crippen LogP contribution in [-0.2, 0) is 18.9 Å². The van der Waals surface area contributed by atoms with Crippen molar-refractivity contribution >= 4 is 0 Å². The van der Waals surface area contributed by atoms with Crippen LogP contribution in [0.5, 0.6) is 0 Å². The highest BCUT2D eigenvalue weighted by molar-refractivity contribution is 5.79. The van der Waals surface area contributed by atoms with E-state index in [0.29, 0.717) is 17.3 Å². The predicted octanol–water partition coefficient (Wildman–Crippen LogP) is 8.60. The molecule has 0 atom stereocenters. The summed E-state index contributed by atoms with van der Waals surface area (Å²) < 4.78 is 118. The van der Waals surface area contributed by atoms with Crippen LogP contribution in [0.4, 0.5) is 35.1 Å². The third kappa shape index (κ3) is 3.69. The van der Waals surface area contributed by atoms with Gasteiger partial charge in [-0.15, -0.1) is 0 Å². The minimum atomic E-state index is -6.33. The fraction of sp³-hybridized carbons (Fsp3) is 0.233. The molecule has 0 fully saturated rings. The predicted molar refractivity (Wildman–Crippen MR) is 131 cm³/mol. The Labute approximate surface area is 219 Å². The number of hydrogen-bond acceptors (Lipinski definition) is 0. The number of pyridine rings is 1. The second-order valence-corrected chi connectivity index (χ2v) is 9.79. The van der Waals surface area contributed by atoms with Gasteiger partial charge in [0.25, 0.3) is 0 Å². The molecule has 1 nitrogen and oxygen atoms in total. The maximum absolute atomic E-state index is 15.0. The maximum Gasteiger partial charge on any atom is 0.382 e. The first kappa shape index (κ1) is 26.8. The van der Waals surface area contributed by atoms with Crippen LogP contribution < -0.4 is 4.57 Å². The average molecular weight is 548 g/mol. The Morgan fingerprint density at radius 2 is 1.18 bits per heavy atom. The van der Waals surface area contributed by atoms with Gasteiger partial charge in [0.05, 0.1) is 0 Å². The van der Waals surface area contributed by atoms with E-state index in [4.69, 9.17) is 0 Å². The summed E-state index contributed by atoms with van der Waals surface area (Å²) in [6, 6.07) is 18.2. The summed E-state index contributed by atoms with van der Waals surface area (Å²) in [5.41, 5.74) is 0.362. The molecule has 0 unspecified atom stereocenters. The van der Waals surface area contributed by atoms with Crippen LogP contribution in [0.2, 0.25) is 0 Å². The quantitative estimate of drug-likeness (QED) is 0.178. The Balaban J connectivity index is 1.75. The summed E-state index contributed by atoms with van der Waals surface area (Å²) in [5, 5.41) is 0. The van der Waals surface area contributed by atoms with Crippen LogP contribution in [0.1, 0.15) is 22.3 Å². The topological polar surface area (TPSA) is 3.88 Å². The van der Waals surface area contributed by atoms with E-state index in [2.05, 4.69) is 0 Å². The third-order valence-electron chi connectivity index (χ3n) is 7.29. The van der Waals surface area contributed by atoms with E-state index in [1.807, 2.05) is 56.3 Å². The fourth-order valence-corrected chi connectivity index (χ4v) is 5.18. The van der Waals surface area contributed by atoms with Crippen LogP contribution in [0, 0.1) is 13.8 Å². The molecular weight excluding hydrogens is 526 g/mol. The van der Waals surface area contributed by atoms with Crippen molar-refractivity contribution in [2.45, 2.75) is 37.5 Å². The van der Waals surface area contributed by atoms with Crippen LogP contribution in [0.3, 0.4) is 0 Å². The lowest BCUT2D eigenvalue weighted by Gasteiger charge is -2.43. The number of alkyl halides is 8. The van der Waals surface area contributed by atoms with E-state index in [-0.39, 0.29) is 5.56 Å². The molecule has 202 valence electrons. The van der Waals surface area contributed by atoms with Crippen molar-refractivity contribution in [3.63, 3.8) is 0 Å². The standard InChI is InChI=1S/C30H22F8N/c1-17-14-18(2)23(16-22(17)19-8-5-4-6-9-19)25-15-20(12-13-39(25)3)21-10-7-11-24-26(21)28(33,34)30(37,38)29(35,36)27(24,31)32/h4-16H,1-3H3/q+1. The summed E-state index contributed by atoms with van der Waals surface area (Å²) in [5.74, 6) is -23.7. The molecule has 0 N–H and O–H groups in total. The summed E-state index contributed by atoms with van der Waals surface area (Å²) in [6.07, 6.45) is 1.47. The average Bonchev–Trinajstić information content (AvgIpc) is 2.88. The second kappa shape index (κ2) is 8.63. The van der Waals surface area contributed by atoms with Gasteiger partial charge in [-0.2, -0.15) is 35.1 Å². The maximum atomic E-state index is 15.0. The van der Waals surface area contributed by atoms with E-state index in [0.717, 1.165) is 34.4 Å². The number of aromatic nitrogens is 1. The summed E-state index contributed by atoms with van der Waals surface area (Å²) >= 11 is 0. The lowest BCUT2D eigenvalue weighted by molar-refractivity contribution is -0.660. The smallest absolute Gasteiger partial charge is 0.201 e. The number of halogens is 8. The second-order valence-electron chi connectivity index (χ2n) is 9.79. The number of benzene rings is 3. The molecule has 3 aromatic carbocycles. The monoisotopic (exact) mass is 548 g/mol. The van der Waals surface area contributed by atoms with Crippen LogP contribution >= 0.6 is 0 Å². The number of rotatable bonds is 3. The van der Waals surface area contributed by atoms with Gasteiger partial charge in [-0.05, 0) is 53.3 Å². The molecule has 1 aromatic heterocycles. The molecule has 0 saturated carbocycles. The zero-order valence-electron chi connectivity index (χ0n) is 21.0. The molecule has 4 aromatic rings. The molecule has 0 amide bonds. The normalized spacial score (nSPS) is 18.4. The molecule has 1 heterocycles. The van der Waals surface area contributed by atoms with E-state index < -0.39 is 40.4 Å². The molecule has 9 heteroatoms. The largest absolute Gasteiger partial charge is 0.382 e. The SMILES string of the molecule is Cc1cc(C)c(-c2cc(-c3cccc4c3C(F)(F)C(F)(F)C(F)(F)C4(F)F)cc[n+]2C)cc1-c1ccccc1. The van der Waals surface area contributed by atoms with E-state index in [1.54, 1.807) is 11.6 Å². The van der Waals surface area contributed by atoms with Gasteiger partial charge in [-0.25, -0.2) is 4.57 Å². The molecule has 0 aliphatic heterocycles. The molecule has 1 aliphatic rings.